The first kappa shape index (κ1) is 15.0. The Morgan fingerprint density at radius 1 is 1.14 bits per heavy atom. The number of carbonyl (C=O) groups excluding carboxylic acids is 1. The van der Waals surface area contributed by atoms with Gasteiger partial charge in [0.1, 0.15) is 0 Å². The summed E-state index contributed by atoms with van der Waals surface area (Å²) in [6.07, 6.45) is 5.54. The van der Waals surface area contributed by atoms with Crippen molar-refractivity contribution in [1.29, 1.82) is 0 Å². The van der Waals surface area contributed by atoms with Gasteiger partial charge in [-0.15, -0.1) is 0 Å². The lowest BCUT2D eigenvalue weighted by Crippen LogP contribution is -2.13. The van der Waals surface area contributed by atoms with Crippen molar-refractivity contribution in [2.24, 2.45) is 0 Å². The second-order valence-corrected chi connectivity index (χ2v) is 5.06. The molecule has 21 heavy (non-hydrogen) atoms. The van der Waals surface area contributed by atoms with Gasteiger partial charge in [-0.3, -0.25) is 9.78 Å². The second kappa shape index (κ2) is 7.43. The fourth-order valence-electron chi connectivity index (χ4n) is 1.91. The molecule has 0 unspecified atom stereocenters. The number of nitrogens with zero attached hydrogens (tertiary/aromatic N) is 1. The number of pyridine rings is 1. The fraction of sp³-hybridized carbons (Fsp3) is 0.294. The summed E-state index contributed by atoms with van der Waals surface area (Å²) in [4.78, 5) is 16.3. The smallest absolute Gasteiger partial charge is 0.257 e. The minimum atomic E-state index is -0.148. The molecule has 0 aliphatic heterocycles. The highest BCUT2D eigenvalue weighted by Gasteiger charge is 2.07. The number of rotatable bonds is 6. The molecule has 1 amide bonds. The molecule has 1 heterocycles. The van der Waals surface area contributed by atoms with Gasteiger partial charge in [-0.25, -0.2) is 0 Å². The van der Waals surface area contributed by atoms with Crippen molar-refractivity contribution in [3.8, 4) is 0 Å². The maximum atomic E-state index is 12.2. The molecule has 0 atom stereocenters. The maximum absolute atomic E-state index is 12.2. The van der Waals surface area contributed by atoms with E-state index in [1.54, 1.807) is 12.4 Å². The molecule has 0 spiro atoms. The second-order valence-electron chi connectivity index (χ2n) is 5.06. The molecule has 0 fully saturated rings. The number of benzene rings is 1. The Labute approximate surface area is 125 Å². The van der Waals surface area contributed by atoms with E-state index >= 15 is 0 Å². The van der Waals surface area contributed by atoms with Gasteiger partial charge in [0.25, 0.3) is 5.91 Å². The topological polar surface area (TPSA) is 54.0 Å². The minimum Gasteiger partial charge on any atom is -0.384 e. The Bertz CT molecular complexity index is 593. The van der Waals surface area contributed by atoms with Crippen LogP contribution < -0.4 is 10.6 Å². The summed E-state index contributed by atoms with van der Waals surface area (Å²) in [5, 5.41) is 6.14. The van der Waals surface area contributed by atoms with Crippen LogP contribution in [-0.2, 0) is 0 Å². The van der Waals surface area contributed by atoms with Gasteiger partial charge < -0.3 is 10.6 Å². The molecule has 0 radical (unpaired) electrons. The SMILES string of the molecule is CCCCNc1cncc(C(=O)Nc2ccc(C)cc2)c1. The highest BCUT2D eigenvalue weighted by Crippen LogP contribution is 2.13. The summed E-state index contributed by atoms with van der Waals surface area (Å²) in [5.74, 6) is -0.148. The van der Waals surface area contributed by atoms with Crippen molar-refractivity contribution in [3.05, 3.63) is 53.9 Å². The van der Waals surface area contributed by atoms with Crippen molar-refractivity contribution < 1.29 is 4.79 Å². The highest BCUT2D eigenvalue weighted by molar-refractivity contribution is 6.04. The molecule has 2 N–H and O–H groups in total. The first-order chi connectivity index (χ1) is 10.2. The fourth-order valence-corrected chi connectivity index (χ4v) is 1.91. The van der Waals surface area contributed by atoms with Crippen molar-refractivity contribution in [1.82, 2.24) is 4.98 Å². The Hall–Kier alpha value is -2.36. The van der Waals surface area contributed by atoms with E-state index < -0.39 is 0 Å². The summed E-state index contributed by atoms with van der Waals surface area (Å²) in [7, 11) is 0. The molecule has 4 nitrogen and oxygen atoms in total. The Morgan fingerprint density at radius 3 is 2.62 bits per heavy atom. The zero-order valence-electron chi connectivity index (χ0n) is 12.5. The van der Waals surface area contributed by atoms with Gasteiger partial charge in [0.2, 0.25) is 0 Å². The van der Waals surface area contributed by atoms with E-state index in [0.29, 0.717) is 5.56 Å². The van der Waals surface area contributed by atoms with Crippen LogP contribution in [0.15, 0.2) is 42.7 Å². The molecule has 0 bridgehead atoms. The average Bonchev–Trinajstić information content (AvgIpc) is 2.50. The zero-order valence-corrected chi connectivity index (χ0v) is 12.5. The molecule has 2 rings (SSSR count). The number of hydrogen-bond donors (Lipinski definition) is 2. The molecule has 2 aromatic rings. The lowest BCUT2D eigenvalue weighted by atomic mass is 10.2. The molecule has 1 aromatic heterocycles. The molecule has 0 saturated carbocycles. The third-order valence-electron chi connectivity index (χ3n) is 3.17. The first-order valence-corrected chi connectivity index (χ1v) is 7.26. The molecule has 4 heteroatoms. The quantitative estimate of drug-likeness (QED) is 0.792. The van der Waals surface area contributed by atoms with Crippen LogP contribution >= 0.6 is 0 Å². The van der Waals surface area contributed by atoms with Crippen LogP contribution in [-0.4, -0.2) is 17.4 Å². The molecule has 1 aromatic carbocycles. The monoisotopic (exact) mass is 283 g/mol. The van der Waals surface area contributed by atoms with Crippen molar-refractivity contribution in [3.63, 3.8) is 0 Å². The predicted molar refractivity (Wildman–Crippen MR) is 86.8 cm³/mol. The Kier molecular flexibility index (Phi) is 5.32. The predicted octanol–water partition coefficient (Wildman–Crippen LogP) is 3.85. The number of carbonyl (C=O) groups is 1. The van der Waals surface area contributed by atoms with Crippen LogP contribution in [0.5, 0.6) is 0 Å². The number of hydrogen-bond acceptors (Lipinski definition) is 3. The van der Waals surface area contributed by atoms with Crippen molar-refractivity contribution in [2.45, 2.75) is 26.7 Å². The van der Waals surface area contributed by atoms with Gasteiger partial charge in [0.15, 0.2) is 0 Å². The number of aryl methyl sites for hydroxylation is 1. The van der Waals surface area contributed by atoms with Crippen LogP contribution in [0.4, 0.5) is 11.4 Å². The van der Waals surface area contributed by atoms with E-state index in [1.807, 2.05) is 37.3 Å². The standard InChI is InChI=1S/C17H21N3O/c1-3-4-9-19-16-10-14(11-18-12-16)17(21)20-15-7-5-13(2)6-8-15/h5-8,10-12,19H,3-4,9H2,1-2H3,(H,20,21). The Morgan fingerprint density at radius 2 is 1.90 bits per heavy atom. The lowest BCUT2D eigenvalue weighted by Gasteiger charge is -2.08. The van der Waals surface area contributed by atoms with Gasteiger partial charge in [0.05, 0.1) is 11.3 Å². The van der Waals surface area contributed by atoms with E-state index in [4.69, 9.17) is 0 Å². The van der Waals surface area contributed by atoms with Crippen molar-refractivity contribution >= 4 is 17.3 Å². The summed E-state index contributed by atoms with van der Waals surface area (Å²) in [6, 6.07) is 9.55. The largest absolute Gasteiger partial charge is 0.384 e. The number of anilines is 2. The summed E-state index contributed by atoms with van der Waals surface area (Å²) in [5.41, 5.74) is 3.38. The summed E-state index contributed by atoms with van der Waals surface area (Å²) in [6.45, 7) is 5.05. The molecular formula is C17H21N3O. The van der Waals surface area contributed by atoms with Gasteiger partial charge in [0, 0.05) is 24.6 Å². The zero-order chi connectivity index (χ0) is 15.1. The van der Waals surface area contributed by atoms with Crippen LogP contribution in [0.1, 0.15) is 35.7 Å². The number of unbranched alkanes of at least 4 members (excludes halogenated alkanes) is 1. The van der Waals surface area contributed by atoms with Gasteiger partial charge >= 0.3 is 0 Å². The molecule has 0 saturated heterocycles. The van der Waals surface area contributed by atoms with E-state index in [2.05, 4.69) is 22.5 Å². The summed E-state index contributed by atoms with van der Waals surface area (Å²) >= 11 is 0. The van der Waals surface area contributed by atoms with Gasteiger partial charge in [-0.05, 0) is 31.5 Å². The Balaban J connectivity index is 2.01. The van der Waals surface area contributed by atoms with Crippen LogP contribution in [0, 0.1) is 6.92 Å². The lowest BCUT2D eigenvalue weighted by molar-refractivity contribution is 0.102. The molecule has 0 aliphatic carbocycles. The normalized spacial score (nSPS) is 10.2. The molecule has 0 aliphatic rings. The van der Waals surface area contributed by atoms with E-state index in [0.717, 1.165) is 36.3 Å². The summed E-state index contributed by atoms with van der Waals surface area (Å²) < 4.78 is 0. The average molecular weight is 283 g/mol. The van der Waals surface area contributed by atoms with E-state index in [-0.39, 0.29) is 5.91 Å². The van der Waals surface area contributed by atoms with Gasteiger partial charge in [-0.1, -0.05) is 31.0 Å². The molecular weight excluding hydrogens is 262 g/mol. The third-order valence-corrected chi connectivity index (χ3v) is 3.17. The van der Waals surface area contributed by atoms with Crippen LogP contribution in [0.3, 0.4) is 0 Å². The maximum Gasteiger partial charge on any atom is 0.257 e. The third kappa shape index (κ3) is 4.60. The highest BCUT2D eigenvalue weighted by atomic mass is 16.1. The van der Waals surface area contributed by atoms with E-state index in [9.17, 15) is 4.79 Å². The van der Waals surface area contributed by atoms with Crippen molar-refractivity contribution in [2.75, 3.05) is 17.2 Å². The van der Waals surface area contributed by atoms with Gasteiger partial charge in [-0.2, -0.15) is 0 Å². The first-order valence-electron chi connectivity index (χ1n) is 7.26. The van der Waals surface area contributed by atoms with Crippen LogP contribution in [0.2, 0.25) is 0 Å². The molecule has 110 valence electrons. The number of amides is 1. The van der Waals surface area contributed by atoms with E-state index in [1.165, 1.54) is 0 Å². The number of aromatic nitrogens is 1. The van der Waals surface area contributed by atoms with Crippen LogP contribution in [0.25, 0.3) is 0 Å². The minimum absolute atomic E-state index is 0.148. The number of nitrogens with one attached hydrogen (secondary N) is 2.